The first-order chi connectivity index (χ1) is 13.2. The molecular formula is C19H20F3N3O3. The average Bonchev–Trinajstić information content (AvgIpc) is 2.65. The number of carbonyl (C=O) groups excluding carboxylic acids is 1. The lowest BCUT2D eigenvalue weighted by atomic mass is 10.1. The van der Waals surface area contributed by atoms with Crippen molar-refractivity contribution in [3.63, 3.8) is 0 Å². The van der Waals surface area contributed by atoms with Gasteiger partial charge in [-0.3, -0.25) is 14.9 Å². The van der Waals surface area contributed by atoms with Crippen LogP contribution < -0.4 is 5.32 Å². The summed E-state index contributed by atoms with van der Waals surface area (Å²) < 4.78 is 37.7. The maximum Gasteiger partial charge on any atom is 0.416 e. The smallest absolute Gasteiger partial charge is 0.385 e. The third-order valence-corrected chi connectivity index (χ3v) is 4.10. The molecule has 0 atom stereocenters. The number of benzene rings is 2. The van der Waals surface area contributed by atoms with E-state index in [1.54, 1.807) is 19.2 Å². The molecule has 150 valence electrons. The number of nitrogens with zero attached hydrogens (tertiary/aromatic N) is 2. The molecular weight excluding hydrogens is 375 g/mol. The molecule has 0 saturated carbocycles. The van der Waals surface area contributed by atoms with Gasteiger partial charge in [-0.25, -0.2) is 0 Å². The number of nitro benzene ring substituents is 1. The predicted octanol–water partition coefficient (Wildman–Crippen LogP) is 4.46. The van der Waals surface area contributed by atoms with Crippen LogP contribution in [0.2, 0.25) is 0 Å². The van der Waals surface area contributed by atoms with Crippen LogP contribution in [0.15, 0.2) is 48.5 Å². The lowest BCUT2D eigenvalue weighted by molar-refractivity contribution is -0.384. The van der Waals surface area contributed by atoms with Gasteiger partial charge in [-0.15, -0.1) is 0 Å². The van der Waals surface area contributed by atoms with E-state index in [1.165, 1.54) is 29.2 Å². The number of halogens is 3. The lowest BCUT2D eigenvalue weighted by Crippen LogP contribution is -2.26. The third-order valence-electron chi connectivity index (χ3n) is 4.10. The fourth-order valence-corrected chi connectivity index (χ4v) is 2.53. The Hall–Kier alpha value is -3.10. The normalized spacial score (nSPS) is 11.1. The molecule has 0 aliphatic rings. The van der Waals surface area contributed by atoms with Gasteiger partial charge < -0.3 is 10.2 Å². The van der Waals surface area contributed by atoms with Crippen LogP contribution in [0.1, 0.15) is 24.0 Å². The van der Waals surface area contributed by atoms with Crippen LogP contribution in [0.25, 0.3) is 0 Å². The minimum absolute atomic E-state index is 0.00520. The topological polar surface area (TPSA) is 75.5 Å². The molecule has 0 aliphatic heterocycles. The van der Waals surface area contributed by atoms with E-state index in [0.29, 0.717) is 18.5 Å². The monoisotopic (exact) mass is 395 g/mol. The number of nitro groups is 1. The van der Waals surface area contributed by atoms with E-state index in [2.05, 4.69) is 5.32 Å². The van der Waals surface area contributed by atoms with Crippen molar-refractivity contribution in [1.29, 1.82) is 0 Å². The molecule has 0 saturated heterocycles. The van der Waals surface area contributed by atoms with Gasteiger partial charge in [0.15, 0.2) is 0 Å². The van der Waals surface area contributed by atoms with Gasteiger partial charge in [0.2, 0.25) is 5.91 Å². The van der Waals surface area contributed by atoms with E-state index in [4.69, 9.17) is 0 Å². The number of carbonyl (C=O) groups is 1. The van der Waals surface area contributed by atoms with E-state index >= 15 is 0 Å². The zero-order valence-corrected chi connectivity index (χ0v) is 15.2. The second kappa shape index (κ2) is 9.20. The van der Waals surface area contributed by atoms with Crippen LogP contribution in [-0.2, 0) is 17.5 Å². The number of anilines is 1. The highest BCUT2D eigenvalue weighted by molar-refractivity contribution is 5.75. The van der Waals surface area contributed by atoms with Crippen molar-refractivity contribution in [2.75, 3.05) is 18.9 Å². The Labute approximate surface area is 160 Å². The molecule has 2 aromatic rings. The lowest BCUT2D eigenvalue weighted by Gasteiger charge is -2.18. The van der Waals surface area contributed by atoms with E-state index in [-0.39, 0.29) is 24.6 Å². The van der Waals surface area contributed by atoms with Gasteiger partial charge in [0.05, 0.1) is 10.5 Å². The number of nitrogens with one attached hydrogen (secondary N) is 1. The Morgan fingerprint density at radius 2 is 1.71 bits per heavy atom. The van der Waals surface area contributed by atoms with Crippen LogP contribution in [0.5, 0.6) is 0 Å². The maximum atomic E-state index is 12.6. The highest BCUT2D eigenvalue weighted by Crippen LogP contribution is 2.29. The van der Waals surface area contributed by atoms with Crippen LogP contribution in [0.4, 0.5) is 24.5 Å². The summed E-state index contributed by atoms with van der Waals surface area (Å²) in [5.41, 5.74) is 0.622. The van der Waals surface area contributed by atoms with Crippen LogP contribution in [0.3, 0.4) is 0 Å². The molecule has 2 aromatic carbocycles. The van der Waals surface area contributed by atoms with E-state index in [0.717, 1.165) is 17.8 Å². The van der Waals surface area contributed by atoms with Gasteiger partial charge in [-0.1, -0.05) is 12.1 Å². The van der Waals surface area contributed by atoms with Crippen molar-refractivity contribution in [2.45, 2.75) is 25.6 Å². The quantitative estimate of drug-likeness (QED) is 0.407. The van der Waals surface area contributed by atoms with Crippen molar-refractivity contribution in [2.24, 2.45) is 0 Å². The molecule has 0 unspecified atom stereocenters. The molecule has 0 aromatic heterocycles. The van der Waals surface area contributed by atoms with Gasteiger partial charge in [-0.2, -0.15) is 13.2 Å². The van der Waals surface area contributed by atoms with Crippen molar-refractivity contribution < 1.29 is 22.9 Å². The molecule has 1 N–H and O–H groups in total. The SMILES string of the molecule is CN(Cc1ccc(C(F)(F)F)cc1)C(=O)CCCNc1ccc([N+](=O)[O-])cc1. The third kappa shape index (κ3) is 6.26. The largest absolute Gasteiger partial charge is 0.416 e. The zero-order chi connectivity index (χ0) is 20.7. The summed E-state index contributed by atoms with van der Waals surface area (Å²) in [6.07, 6.45) is -3.55. The number of amides is 1. The molecule has 9 heteroatoms. The fraction of sp³-hybridized carbons (Fsp3) is 0.316. The summed E-state index contributed by atoms with van der Waals surface area (Å²) in [7, 11) is 1.60. The first-order valence-corrected chi connectivity index (χ1v) is 8.55. The van der Waals surface area contributed by atoms with Crippen molar-refractivity contribution in [3.05, 3.63) is 69.8 Å². The van der Waals surface area contributed by atoms with Crippen LogP contribution in [0, 0.1) is 10.1 Å². The summed E-state index contributed by atoms with van der Waals surface area (Å²) in [6, 6.07) is 10.7. The summed E-state index contributed by atoms with van der Waals surface area (Å²) in [5.74, 6) is -0.120. The molecule has 28 heavy (non-hydrogen) atoms. The summed E-state index contributed by atoms with van der Waals surface area (Å²) in [5, 5.41) is 13.7. The van der Waals surface area contributed by atoms with Gasteiger partial charge in [-0.05, 0) is 36.2 Å². The highest BCUT2D eigenvalue weighted by atomic mass is 19.4. The number of hydrogen-bond donors (Lipinski definition) is 1. The maximum absolute atomic E-state index is 12.6. The molecule has 0 bridgehead atoms. The summed E-state index contributed by atoms with van der Waals surface area (Å²) in [6.45, 7) is 0.740. The van der Waals surface area contributed by atoms with Crippen LogP contribution >= 0.6 is 0 Å². The Morgan fingerprint density at radius 3 is 2.25 bits per heavy atom. The molecule has 2 rings (SSSR count). The van der Waals surface area contributed by atoms with Gasteiger partial charge >= 0.3 is 6.18 Å². The minimum atomic E-state index is -4.38. The minimum Gasteiger partial charge on any atom is -0.385 e. The Morgan fingerprint density at radius 1 is 1.11 bits per heavy atom. The van der Waals surface area contributed by atoms with E-state index in [9.17, 15) is 28.1 Å². The van der Waals surface area contributed by atoms with Gasteiger partial charge in [0.1, 0.15) is 0 Å². The Balaban J connectivity index is 1.74. The van der Waals surface area contributed by atoms with Crippen molar-refractivity contribution >= 4 is 17.3 Å². The highest BCUT2D eigenvalue weighted by Gasteiger charge is 2.29. The molecule has 0 fully saturated rings. The molecule has 0 aliphatic carbocycles. The Kier molecular flexibility index (Phi) is 6.97. The molecule has 0 spiro atoms. The summed E-state index contributed by atoms with van der Waals surface area (Å²) in [4.78, 5) is 23.7. The predicted molar refractivity (Wildman–Crippen MR) is 98.7 cm³/mol. The van der Waals surface area contributed by atoms with Gasteiger partial charge in [0.25, 0.3) is 5.69 Å². The number of hydrogen-bond acceptors (Lipinski definition) is 4. The second-order valence-electron chi connectivity index (χ2n) is 6.28. The molecule has 6 nitrogen and oxygen atoms in total. The van der Waals surface area contributed by atoms with E-state index < -0.39 is 16.7 Å². The first kappa shape index (κ1) is 21.2. The zero-order valence-electron chi connectivity index (χ0n) is 15.2. The first-order valence-electron chi connectivity index (χ1n) is 8.55. The molecule has 0 heterocycles. The van der Waals surface area contributed by atoms with Gasteiger partial charge in [0, 0.05) is 44.4 Å². The number of alkyl halides is 3. The van der Waals surface area contributed by atoms with Crippen molar-refractivity contribution in [1.82, 2.24) is 4.90 Å². The van der Waals surface area contributed by atoms with Crippen molar-refractivity contribution in [3.8, 4) is 0 Å². The van der Waals surface area contributed by atoms with E-state index in [1.807, 2.05) is 0 Å². The summed E-state index contributed by atoms with van der Waals surface area (Å²) >= 11 is 0. The molecule has 1 amide bonds. The standard InChI is InChI=1S/C19H20F3N3O3/c1-24(13-14-4-6-15(7-5-14)19(20,21)22)18(26)3-2-12-23-16-8-10-17(11-9-16)25(27)28/h4-11,23H,2-3,12-13H2,1H3. The molecule has 0 radical (unpaired) electrons. The Bertz CT molecular complexity index is 806. The number of non-ortho nitro benzene ring substituents is 1. The fourth-order valence-electron chi connectivity index (χ4n) is 2.53. The van der Waals surface area contributed by atoms with Crippen LogP contribution in [-0.4, -0.2) is 29.3 Å². The number of rotatable bonds is 8. The average molecular weight is 395 g/mol. The second-order valence-corrected chi connectivity index (χ2v) is 6.28.